The zero-order valence-corrected chi connectivity index (χ0v) is 13.8. The fraction of sp³-hybridized carbons (Fsp3) is 0.316. The summed E-state index contributed by atoms with van der Waals surface area (Å²) in [5, 5.41) is 18.0. The summed E-state index contributed by atoms with van der Waals surface area (Å²) >= 11 is 0. The Labute approximate surface area is 133 Å². The van der Waals surface area contributed by atoms with Crippen molar-refractivity contribution in [2.24, 2.45) is 0 Å². The minimum atomic E-state index is -0.903. The smallest absolute Gasteiger partial charge is 0.335 e. The van der Waals surface area contributed by atoms with Crippen molar-refractivity contribution in [3.8, 4) is 5.75 Å². The molecule has 0 spiro atoms. The number of hydrogen-bond donors (Lipinski definition) is 2. The first kappa shape index (κ1) is 19.7. The van der Waals surface area contributed by atoms with Gasteiger partial charge in [-0.25, -0.2) is 4.79 Å². The highest BCUT2D eigenvalue weighted by atomic mass is 16.4. The van der Waals surface area contributed by atoms with E-state index < -0.39 is 5.97 Å². The number of carbonyl (C=O) groups is 1. The topological polar surface area (TPSA) is 57.5 Å². The molecule has 22 heavy (non-hydrogen) atoms. The molecule has 2 aromatic rings. The summed E-state index contributed by atoms with van der Waals surface area (Å²) in [4.78, 5) is 10.7. The van der Waals surface area contributed by atoms with Crippen LogP contribution in [0.15, 0.2) is 48.5 Å². The Morgan fingerprint density at radius 2 is 1.14 bits per heavy atom. The molecule has 120 valence electrons. The predicted molar refractivity (Wildman–Crippen MR) is 91.6 cm³/mol. The van der Waals surface area contributed by atoms with Crippen LogP contribution >= 0.6 is 0 Å². The van der Waals surface area contributed by atoms with Gasteiger partial charge in [0, 0.05) is 0 Å². The average Bonchev–Trinajstić information content (AvgIpc) is 2.58. The Bertz CT molecular complexity index is 528. The van der Waals surface area contributed by atoms with E-state index in [9.17, 15) is 4.79 Å². The third kappa shape index (κ3) is 6.93. The molecule has 0 amide bonds. The molecular weight excluding hydrogens is 276 g/mol. The maximum absolute atomic E-state index is 10.7. The molecule has 3 nitrogen and oxygen atoms in total. The van der Waals surface area contributed by atoms with E-state index in [-0.39, 0.29) is 5.75 Å². The Balaban J connectivity index is 0.00000102. The van der Waals surface area contributed by atoms with Gasteiger partial charge in [0.05, 0.1) is 5.56 Å². The summed E-state index contributed by atoms with van der Waals surface area (Å²) < 4.78 is 0. The number of hydrogen-bond acceptors (Lipinski definition) is 2. The molecule has 0 saturated carbocycles. The van der Waals surface area contributed by atoms with E-state index >= 15 is 0 Å². The summed E-state index contributed by atoms with van der Waals surface area (Å²) in [6, 6.07) is 14.0. The van der Waals surface area contributed by atoms with Crippen LogP contribution < -0.4 is 0 Å². The van der Waals surface area contributed by atoms with Gasteiger partial charge in [-0.2, -0.15) is 0 Å². The monoisotopic (exact) mass is 302 g/mol. The van der Waals surface area contributed by atoms with Crippen molar-refractivity contribution >= 4 is 5.97 Å². The molecule has 2 N–H and O–H groups in total. The molecule has 2 rings (SSSR count). The average molecular weight is 302 g/mol. The Morgan fingerprint density at radius 3 is 1.50 bits per heavy atom. The van der Waals surface area contributed by atoms with Crippen LogP contribution in [0.4, 0.5) is 0 Å². The normalized spacial score (nSPS) is 8.91. The minimum Gasteiger partial charge on any atom is -0.508 e. The highest BCUT2D eigenvalue weighted by molar-refractivity contribution is 5.87. The van der Waals surface area contributed by atoms with Gasteiger partial charge in [-0.3, -0.25) is 0 Å². The number of carboxylic acids is 1. The SMILES string of the molecule is CC.CC.O=C(O)c1ccc(CCc2ccc(O)cc2)cc1. The standard InChI is InChI=1S/C15H14O3.2C2H6/c16-14-9-5-12(6-10-14)2-1-11-3-7-13(8-4-11)15(17)18;2*1-2/h3-10,16H,1-2H2,(H,17,18);2*1-2H3. The van der Waals surface area contributed by atoms with Crippen LogP contribution in [-0.2, 0) is 12.8 Å². The third-order valence-corrected chi connectivity index (χ3v) is 2.84. The second-order valence-corrected chi connectivity index (χ2v) is 4.17. The highest BCUT2D eigenvalue weighted by Crippen LogP contribution is 2.13. The van der Waals surface area contributed by atoms with Crippen molar-refractivity contribution in [1.82, 2.24) is 0 Å². The van der Waals surface area contributed by atoms with Crippen LogP contribution in [0.2, 0.25) is 0 Å². The molecule has 0 saturated heterocycles. The fourth-order valence-electron chi connectivity index (χ4n) is 1.77. The quantitative estimate of drug-likeness (QED) is 0.842. The predicted octanol–water partition coefficient (Wildman–Crippen LogP) is 4.93. The lowest BCUT2D eigenvalue weighted by molar-refractivity contribution is 0.0697. The summed E-state index contributed by atoms with van der Waals surface area (Å²) in [6.45, 7) is 8.00. The first-order valence-electron chi connectivity index (χ1n) is 7.75. The van der Waals surface area contributed by atoms with Gasteiger partial charge in [0.2, 0.25) is 0 Å². The van der Waals surface area contributed by atoms with Crippen LogP contribution in [0.25, 0.3) is 0 Å². The van der Waals surface area contributed by atoms with E-state index in [1.165, 1.54) is 0 Å². The van der Waals surface area contributed by atoms with Crippen molar-refractivity contribution in [3.63, 3.8) is 0 Å². The Kier molecular flexibility index (Phi) is 10.2. The molecule has 3 heteroatoms. The van der Waals surface area contributed by atoms with Crippen LogP contribution in [0.5, 0.6) is 5.75 Å². The molecule has 0 atom stereocenters. The third-order valence-electron chi connectivity index (χ3n) is 2.84. The van der Waals surface area contributed by atoms with E-state index in [0.717, 1.165) is 24.0 Å². The second-order valence-electron chi connectivity index (χ2n) is 4.17. The van der Waals surface area contributed by atoms with E-state index in [4.69, 9.17) is 10.2 Å². The zero-order valence-electron chi connectivity index (χ0n) is 13.8. The summed E-state index contributed by atoms with van der Waals surface area (Å²) in [5.74, 6) is -0.635. The first-order chi connectivity index (χ1) is 10.6. The largest absolute Gasteiger partial charge is 0.508 e. The maximum Gasteiger partial charge on any atom is 0.335 e. The van der Waals surface area contributed by atoms with Crippen molar-refractivity contribution < 1.29 is 15.0 Å². The summed E-state index contributed by atoms with van der Waals surface area (Å²) in [7, 11) is 0. The first-order valence-corrected chi connectivity index (χ1v) is 7.75. The lowest BCUT2D eigenvalue weighted by Gasteiger charge is -2.03. The van der Waals surface area contributed by atoms with Crippen molar-refractivity contribution in [1.29, 1.82) is 0 Å². The molecule has 0 aromatic heterocycles. The maximum atomic E-state index is 10.7. The summed E-state index contributed by atoms with van der Waals surface area (Å²) in [6.07, 6.45) is 1.72. The second kappa shape index (κ2) is 11.4. The molecular formula is C19H26O3. The van der Waals surface area contributed by atoms with Gasteiger partial charge in [0.1, 0.15) is 5.75 Å². The van der Waals surface area contributed by atoms with Crippen LogP contribution in [0.1, 0.15) is 49.2 Å². The lowest BCUT2D eigenvalue weighted by Crippen LogP contribution is -1.97. The summed E-state index contributed by atoms with van der Waals surface area (Å²) in [5.41, 5.74) is 2.56. The minimum absolute atomic E-state index is 0.268. The molecule has 0 radical (unpaired) electrons. The lowest BCUT2D eigenvalue weighted by atomic mass is 10.0. The van der Waals surface area contributed by atoms with E-state index in [1.54, 1.807) is 24.3 Å². The van der Waals surface area contributed by atoms with E-state index in [2.05, 4.69) is 0 Å². The molecule has 0 aliphatic heterocycles. The Morgan fingerprint density at radius 1 is 0.773 bits per heavy atom. The number of aryl methyl sites for hydroxylation is 2. The molecule has 2 aromatic carbocycles. The van der Waals surface area contributed by atoms with E-state index in [0.29, 0.717) is 5.56 Å². The van der Waals surface area contributed by atoms with Crippen LogP contribution in [0, 0.1) is 0 Å². The van der Waals surface area contributed by atoms with Gasteiger partial charge in [0.25, 0.3) is 0 Å². The molecule has 0 bridgehead atoms. The fourth-order valence-corrected chi connectivity index (χ4v) is 1.77. The van der Waals surface area contributed by atoms with Crippen LogP contribution in [0.3, 0.4) is 0 Å². The Hall–Kier alpha value is -2.29. The molecule has 0 aliphatic carbocycles. The number of phenolic OH excluding ortho intramolecular Hbond substituents is 1. The molecule has 0 fully saturated rings. The number of phenols is 1. The van der Waals surface area contributed by atoms with Gasteiger partial charge >= 0.3 is 5.97 Å². The van der Waals surface area contributed by atoms with Gasteiger partial charge in [-0.1, -0.05) is 52.0 Å². The highest BCUT2D eigenvalue weighted by Gasteiger charge is 2.02. The van der Waals surface area contributed by atoms with Crippen molar-refractivity contribution in [2.45, 2.75) is 40.5 Å². The van der Waals surface area contributed by atoms with Gasteiger partial charge in [0.15, 0.2) is 0 Å². The molecule has 0 aliphatic rings. The number of carboxylic acid groups (broad SMARTS) is 1. The number of aromatic carboxylic acids is 1. The molecule has 0 unspecified atom stereocenters. The number of rotatable bonds is 4. The number of aromatic hydroxyl groups is 1. The van der Waals surface area contributed by atoms with Crippen molar-refractivity contribution in [3.05, 3.63) is 65.2 Å². The van der Waals surface area contributed by atoms with Gasteiger partial charge in [-0.05, 0) is 48.2 Å². The number of benzene rings is 2. The van der Waals surface area contributed by atoms with Gasteiger partial charge < -0.3 is 10.2 Å². The van der Waals surface area contributed by atoms with Crippen LogP contribution in [-0.4, -0.2) is 16.2 Å². The van der Waals surface area contributed by atoms with E-state index in [1.807, 2.05) is 52.0 Å². The van der Waals surface area contributed by atoms with Crippen molar-refractivity contribution in [2.75, 3.05) is 0 Å². The molecule has 0 heterocycles. The van der Waals surface area contributed by atoms with Gasteiger partial charge in [-0.15, -0.1) is 0 Å². The zero-order chi connectivity index (χ0) is 17.0.